The number of hydrogen-bond acceptors (Lipinski definition) is 2. The molecular formula is C11H17NO. The summed E-state index contributed by atoms with van der Waals surface area (Å²) in [4.78, 5) is 4.19. The number of aryl methyl sites for hydroxylation is 1. The molecule has 0 radical (unpaired) electrons. The molecule has 0 N–H and O–H groups in total. The van der Waals surface area contributed by atoms with Crippen molar-refractivity contribution < 1.29 is 4.74 Å². The summed E-state index contributed by atoms with van der Waals surface area (Å²) < 4.78 is 5.38. The number of nitrogens with zero attached hydrogens (tertiary/aromatic N) is 1. The van der Waals surface area contributed by atoms with Crippen molar-refractivity contribution in [1.82, 2.24) is 4.98 Å². The monoisotopic (exact) mass is 179 g/mol. The fraction of sp³-hybridized carbons (Fsp3) is 0.545. The summed E-state index contributed by atoms with van der Waals surface area (Å²) in [7, 11) is 1.72. The lowest BCUT2D eigenvalue weighted by Crippen LogP contribution is -2.19. The highest BCUT2D eigenvalue weighted by molar-refractivity contribution is 5.22. The first kappa shape index (κ1) is 10.2. The maximum Gasteiger partial charge on any atom is 0.0886 e. The van der Waals surface area contributed by atoms with Gasteiger partial charge in [0, 0.05) is 25.1 Å². The van der Waals surface area contributed by atoms with Crippen molar-refractivity contribution in [3.05, 3.63) is 29.6 Å². The van der Waals surface area contributed by atoms with Crippen LogP contribution in [0.4, 0.5) is 0 Å². The Hall–Kier alpha value is -0.890. The maximum atomic E-state index is 5.38. The van der Waals surface area contributed by atoms with Crippen LogP contribution < -0.4 is 0 Å². The summed E-state index contributed by atoms with van der Waals surface area (Å²) in [6, 6.07) is 2.15. The fourth-order valence-electron chi connectivity index (χ4n) is 1.13. The molecule has 0 aliphatic heterocycles. The van der Waals surface area contributed by atoms with Gasteiger partial charge in [0.15, 0.2) is 0 Å². The molecule has 0 bridgehead atoms. The third-order valence-electron chi connectivity index (χ3n) is 2.41. The molecule has 2 heteroatoms. The number of methoxy groups -OCH3 is 1. The molecular weight excluding hydrogens is 162 g/mol. The average molecular weight is 179 g/mol. The Morgan fingerprint density at radius 3 is 2.62 bits per heavy atom. The normalized spacial score (nSPS) is 11.7. The molecule has 0 atom stereocenters. The zero-order chi connectivity index (χ0) is 9.90. The predicted octanol–water partition coefficient (Wildman–Crippen LogP) is 2.53. The molecule has 1 aromatic heterocycles. The minimum Gasteiger partial charge on any atom is -0.374 e. The Labute approximate surface area is 80.0 Å². The molecule has 72 valence electrons. The molecule has 1 rings (SSSR count). The van der Waals surface area contributed by atoms with E-state index in [2.05, 4.69) is 18.0 Å². The van der Waals surface area contributed by atoms with Crippen molar-refractivity contribution in [2.24, 2.45) is 0 Å². The standard InChI is InChI=1S/C11H17NO/c1-5-9-6-10(8-12-7-9)11(2,3)13-4/h6-8H,5H2,1-4H3. The number of pyridine rings is 1. The van der Waals surface area contributed by atoms with Gasteiger partial charge in [-0.2, -0.15) is 0 Å². The van der Waals surface area contributed by atoms with E-state index in [0.29, 0.717) is 0 Å². The van der Waals surface area contributed by atoms with Crippen molar-refractivity contribution in [3.8, 4) is 0 Å². The molecule has 13 heavy (non-hydrogen) atoms. The summed E-state index contributed by atoms with van der Waals surface area (Å²) in [5, 5.41) is 0. The van der Waals surface area contributed by atoms with E-state index in [0.717, 1.165) is 12.0 Å². The van der Waals surface area contributed by atoms with Crippen molar-refractivity contribution >= 4 is 0 Å². The van der Waals surface area contributed by atoms with Crippen LogP contribution in [0.5, 0.6) is 0 Å². The second kappa shape index (κ2) is 3.88. The van der Waals surface area contributed by atoms with E-state index >= 15 is 0 Å². The van der Waals surface area contributed by atoms with Gasteiger partial charge < -0.3 is 4.74 Å². The van der Waals surface area contributed by atoms with E-state index in [9.17, 15) is 0 Å². The second-order valence-electron chi connectivity index (χ2n) is 3.65. The van der Waals surface area contributed by atoms with E-state index in [1.165, 1.54) is 5.56 Å². The van der Waals surface area contributed by atoms with E-state index in [1.807, 2.05) is 26.2 Å². The van der Waals surface area contributed by atoms with Crippen LogP contribution >= 0.6 is 0 Å². The van der Waals surface area contributed by atoms with Gasteiger partial charge in [-0.15, -0.1) is 0 Å². The van der Waals surface area contributed by atoms with Gasteiger partial charge in [0.1, 0.15) is 0 Å². The largest absolute Gasteiger partial charge is 0.374 e. The Balaban J connectivity index is 3.01. The lowest BCUT2D eigenvalue weighted by molar-refractivity contribution is 0.0189. The van der Waals surface area contributed by atoms with Crippen LogP contribution in [0.15, 0.2) is 18.5 Å². The van der Waals surface area contributed by atoms with Crippen LogP contribution in [-0.4, -0.2) is 12.1 Å². The lowest BCUT2D eigenvalue weighted by atomic mass is 9.98. The van der Waals surface area contributed by atoms with Gasteiger partial charge in [-0.1, -0.05) is 6.92 Å². The molecule has 0 fully saturated rings. The summed E-state index contributed by atoms with van der Waals surface area (Å²) in [6.07, 6.45) is 4.78. The van der Waals surface area contributed by atoms with Gasteiger partial charge in [0.2, 0.25) is 0 Å². The Morgan fingerprint density at radius 1 is 1.38 bits per heavy atom. The maximum absolute atomic E-state index is 5.38. The Bertz CT molecular complexity index is 281. The van der Waals surface area contributed by atoms with Crippen molar-refractivity contribution in [1.29, 1.82) is 0 Å². The zero-order valence-electron chi connectivity index (χ0n) is 8.79. The molecule has 0 unspecified atom stereocenters. The van der Waals surface area contributed by atoms with Gasteiger partial charge in [0.05, 0.1) is 5.60 Å². The molecule has 0 saturated heterocycles. The molecule has 0 spiro atoms. The minimum absolute atomic E-state index is 0.238. The summed E-state index contributed by atoms with van der Waals surface area (Å²) in [6.45, 7) is 6.22. The summed E-state index contributed by atoms with van der Waals surface area (Å²) in [5.74, 6) is 0. The SMILES string of the molecule is CCc1cncc(C(C)(C)OC)c1. The molecule has 0 aliphatic rings. The number of aromatic nitrogens is 1. The van der Waals surface area contributed by atoms with Crippen LogP contribution in [0, 0.1) is 0 Å². The van der Waals surface area contributed by atoms with E-state index in [4.69, 9.17) is 4.74 Å². The quantitative estimate of drug-likeness (QED) is 0.711. The van der Waals surface area contributed by atoms with E-state index in [1.54, 1.807) is 7.11 Å². The number of hydrogen-bond donors (Lipinski definition) is 0. The first-order valence-corrected chi connectivity index (χ1v) is 4.59. The highest BCUT2D eigenvalue weighted by Crippen LogP contribution is 2.23. The topological polar surface area (TPSA) is 22.1 Å². The van der Waals surface area contributed by atoms with Gasteiger partial charge in [-0.05, 0) is 31.9 Å². The Morgan fingerprint density at radius 2 is 2.08 bits per heavy atom. The van der Waals surface area contributed by atoms with Crippen LogP contribution in [0.3, 0.4) is 0 Å². The third kappa shape index (κ3) is 2.28. The molecule has 0 saturated carbocycles. The van der Waals surface area contributed by atoms with Crippen LogP contribution in [0.2, 0.25) is 0 Å². The molecule has 2 nitrogen and oxygen atoms in total. The number of rotatable bonds is 3. The van der Waals surface area contributed by atoms with Crippen LogP contribution in [-0.2, 0) is 16.8 Å². The van der Waals surface area contributed by atoms with Gasteiger partial charge >= 0.3 is 0 Å². The lowest BCUT2D eigenvalue weighted by Gasteiger charge is -2.23. The first-order valence-electron chi connectivity index (χ1n) is 4.59. The highest BCUT2D eigenvalue weighted by atomic mass is 16.5. The smallest absolute Gasteiger partial charge is 0.0886 e. The molecule has 0 amide bonds. The third-order valence-corrected chi connectivity index (χ3v) is 2.41. The van der Waals surface area contributed by atoms with Gasteiger partial charge in [0.25, 0.3) is 0 Å². The molecule has 1 aromatic rings. The van der Waals surface area contributed by atoms with Gasteiger partial charge in [-0.3, -0.25) is 4.98 Å². The van der Waals surface area contributed by atoms with E-state index in [-0.39, 0.29) is 5.60 Å². The van der Waals surface area contributed by atoms with Crippen molar-refractivity contribution in [3.63, 3.8) is 0 Å². The highest BCUT2D eigenvalue weighted by Gasteiger charge is 2.19. The summed E-state index contributed by atoms with van der Waals surface area (Å²) in [5.41, 5.74) is 2.15. The number of ether oxygens (including phenoxy) is 1. The average Bonchev–Trinajstić information content (AvgIpc) is 2.18. The zero-order valence-corrected chi connectivity index (χ0v) is 8.79. The van der Waals surface area contributed by atoms with Crippen LogP contribution in [0.25, 0.3) is 0 Å². The predicted molar refractivity (Wildman–Crippen MR) is 53.7 cm³/mol. The summed E-state index contributed by atoms with van der Waals surface area (Å²) >= 11 is 0. The Kier molecular flexibility index (Phi) is 3.04. The van der Waals surface area contributed by atoms with Gasteiger partial charge in [-0.25, -0.2) is 0 Å². The van der Waals surface area contributed by atoms with E-state index < -0.39 is 0 Å². The molecule has 0 aromatic carbocycles. The minimum atomic E-state index is -0.238. The second-order valence-corrected chi connectivity index (χ2v) is 3.65. The fourth-order valence-corrected chi connectivity index (χ4v) is 1.13. The molecule has 0 aliphatic carbocycles. The van der Waals surface area contributed by atoms with Crippen LogP contribution in [0.1, 0.15) is 31.9 Å². The van der Waals surface area contributed by atoms with Crippen molar-refractivity contribution in [2.45, 2.75) is 32.8 Å². The molecule has 1 heterocycles. The van der Waals surface area contributed by atoms with Crippen molar-refractivity contribution in [2.75, 3.05) is 7.11 Å². The first-order chi connectivity index (χ1) is 6.10.